The van der Waals surface area contributed by atoms with Gasteiger partial charge in [-0.3, -0.25) is 9.69 Å². The van der Waals surface area contributed by atoms with E-state index in [4.69, 9.17) is 23.2 Å². The number of thiazole rings is 1. The summed E-state index contributed by atoms with van der Waals surface area (Å²) in [6.45, 7) is 1.84. The van der Waals surface area contributed by atoms with Crippen molar-refractivity contribution in [2.75, 3.05) is 15.5 Å². The van der Waals surface area contributed by atoms with E-state index in [1.165, 1.54) is 23.1 Å². The third-order valence-corrected chi connectivity index (χ3v) is 10.6. The second-order valence-electron chi connectivity index (χ2n) is 9.55. The van der Waals surface area contributed by atoms with Gasteiger partial charge in [-0.15, -0.1) is 34.9 Å². The molecule has 1 aromatic heterocycles. The smallest absolute Gasteiger partial charge is 0.307 e. The molecule has 0 spiro atoms. The standard InChI is InChI=1S/C31H24Cl2N4O2S3/c1-18(29(38)36-30-35-24(17-40-30)19-13-14-22(32)23(33)15-19)41-21-8-6-7-20(16-21)34-31(39)37-25-9-2-4-11-27(25)42-28-12-5-3-10-26(28)37/h2-18,25,27H,1H3,(H,34,39)(H,35,36,38). The number of fused-ring (bicyclic) bond motifs is 2. The second kappa shape index (κ2) is 12.6. The van der Waals surface area contributed by atoms with Crippen LogP contribution in [0.2, 0.25) is 10.0 Å². The fourth-order valence-electron chi connectivity index (χ4n) is 4.64. The number of hydrogen-bond donors (Lipinski definition) is 2. The van der Waals surface area contributed by atoms with Crippen LogP contribution in [0.1, 0.15) is 6.92 Å². The van der Waals surface area contributed by atoms with Gasteiger partial charge in [-0.1, -0.05) is 71.8 Å². The molecular formula is C31H24Cl2N4O2S3. The number of amides is 3. The van der Waals surface area contributed by atoms with Gasteiger partial charge in [0.05, 0.1) is 38.0 Å². The molecule has 212 valence electrons. The molecular weight excluding hydrogens is 627 g/mol. The van der Waals surface area contributed by atoms with Crippen LogP contribution in [0, 0.1) is 0 Å². The third kappa shape index (κ3) is 6.26. The highest BCUT2D eigenvalue weighted by atomic mass is 35.5. The van der Waals surface area contributed by atoms with Crippen molar-refractivity contribution in [1.82, 2.24) is 4.98 Å². The summed E-state index contributed by atoms with van der Waals surface area (Å²) in [6, 6.07) is 20.5. The van der Waals surface area contributed by atoms with Crippen molar-refractivity contribution in [2.24, 2.45) is 0 Å². The van der Waals surface area contributed by atoms with E-state index >= 15 is 0 Å². The van der Waals surface area contributed by atoms with Crippen molar-refractivity contribution in [3.8, 4) is 11.3 Å². The van der Waals surface area contributed by atoms with Gasteiger partial charge in [0.2, 0.25) is 5.91 Å². The monoisotopic (exact) mass is 650 g/mol. The number of anilines is 3. The van der Waals surface area contributed by atoms with Crippen LogP contribution in [0.25, 0.3) is 11.3 Å². The molecule has 0 saturated heterocycles. The summed E-state index contributed by atoms with van der Waals surface area (Å²) in [4.78, 5) is 34.9. The summed E-state index contributed by atoms with van der Waals surface area (Å²) in [7, 11) is 0. The number of carbonyl (C=O) groups excluding carboxylic acids is 2. The van der Waals surface area contributed by atoms with E-state index in [9.17, 15) is 9.59 Å². The van der Waals surface area contributed by atoms with Crippen LogP contribution in [-0.4, -0.2) is 33.5 Å². The van der Waals surface area contributed by atoms with Crippen LogP contribution in [-0.2, 0) is 4.79 Å². The Kier molecular flexibility index (Phi) is 8.65. The number of halogens is 2. The molecule has 42 heavy (non-hydrogen) atoms. The van der Waals surface area contributed by atoms with Crippen LogP contribution in [0.4, 0.5) is 21.3 Å². The number of hydrogen-bond acceptors (Lipinski definition) is 6. The number of carbonyl (C=O) groups is 2. The van der Waals surface area contributed by atoms with Gasteiger partial charge in [0.15, 0.2) is 5.13 Å². The van der Waals surface area contributed by atoms with E-state index in [1.807, 2.05) is 84.0 Å². The SMILES string of the molecule is CC(Sc1cccc(NC(=O)N2c3ccccc3SC3C=CC=CC32)c1)C(=O)Nc1nc(-c2ccc(Cl)c(Cl)c2)cs1. The van der Waals surface area contributed by atoms with Crippen molar-refractivity contribution >= 4 is 86.5 Å². The van der Waals surface area contributed by atoms with Crippen molar-refractivity contribution in [3.05, 3.63) is 106 Å². The van der Waals surface area contributed by atoms with E-state index in [0.29, 0.717) is 26.6 Å². The van der Waals surface area contributed by atoms with Crippen LogP contribution < -0.4 is 15.5 Å². The molecule has 3 atom stereocenters. The number of rotatable bonds is 6. The van der Waals surface area contributed by atoms with E-state index in [-0.39, 0.29) is 23.2 Å². The van der Waals surface area contributed by atoms with Crippen LogP contribution >= 0.6 is 58.1 Å². The van der Waals surface area contributed by atoms with Gasteiger partial charge >= 0.3 is 6.03 Å². The molecule has 11 heteroatoms. The van der Waals surface area contributed by atoms with Gasteiger partial charge in [-0.05, 0) is 49.4 Å². The fourth-order valence-corrected chi connectivity index (χ4v) is 7.85. The minimum absolute atomic E-state index is 0.0840. The number of aromatic nitrogens is 1. The Hall–Kier alpha value is -3.21. The Morgan fingerprint density at radius 2 is 1.81 bits per heavy atom. The summed E-state index contributed by atoms with van der Waals surface area (Å²) in [5.41, 5.74) is 3.08. The van der Waals surface area contributed by atoms with Crippen LogP contribution in [0.3, 0.4) is 0 Å². The van der Waals surface area contributed by atoms with E-state index in [1.54, 1.807) is 23.9 Å². The lowest BCUT2D eigenvalue weighted by molar-refractivity contribution is -0.115. The second-order valence-corrected chi connectivity index (χ2v) is 13.9. The molecule has 1 aliphatic carbocycles. The maximum absolute atomic E-state index is 13.6. The lowest BCUT2D eigenvalue weighted by Gasteiger charge is -2.40. The van der Waals surface area contributed by atoms with Crippen molar-refractivity contribution in [3.63, 3.8) is 0 Å². The minimum Gasteiger partial charge on any atom is -0.307 e. The zero-order chi connectivity index (χ0) is 29.2. The van der Waals surface area contributed by atoms with Crippen molar-refractivity contribution in [2.45, 2.75) is 33.3 Å². The molecule has 3 aromatic carbocycles. The first-order chi connectivity index (χ1) is 20.4. The third-order valence-electron chi connectivity index (χ3n) is 6.68. The van der Waals surface area contributed by atoms with E-state index in [0.717, 1.165) is 21.0 Å². The van der Waals surface area contributed by atoms with Gasteiger partial charge in [0.25, 0.3) is 0 Å². The predicted molar refractivity (Wildman–Crippen MR) is 178 cm³/mol. The number of nitrogens with one attached hydrogen (secondary N) is 2. The summed E-state index contributed by atoms with van der Waals surface area (Å²) in [5.74, 6) is -0.171. The first-order valence-corrected chi connectivity index (χ1v) is 16.4. The molecule has 0 bridgehead atoms. The lowest BCUT2D eigenvalue weighted by atomic mass is 10.1. The zero-order valence-electron chi connectivity index (χ0n) is 22.2. The summed E-state index contributed by atoms with van der Waals surface area (Å²) < 4.78 is 0. The molecule has 4 aromatic rings. The Labute approximate surface area is 266 Å². The average Bonchev–Trinajstić information content (AvgIpc) is 3.45. The van der Waals surface area contributed by atoms with E-state index in [2.05, 4.69) is 27.8 Å². The lowest BCUT2D eigenvalue weighted by Crippen LogP contribution is -2.49. The fraction of sp³-hybridized carbons (Fsp3) is 0.129. The van der Waals surface area contributed by atoms with Gasteiger partial charge in [-0.25, -0.2) is 9.78 Å². The van der Waals surface area contributed by atoms with Gasteiger partial charge in [0.1, 0.15) is 0 Å². The Bertz CT molecular complexity index is 1720. The first-order valence-electron chi connectivity index (χ1n) is 13.0. The quantitative estimate of drug-likeness (QED) is 0.203. The maximum Gasteiger partial charge on any atom is 0.326 e. The zero-order valence-corrected chi connectivity index (χ0v) is 26.1. The van der Waals surface area contributed by atoms with Crippen molar-refractivity contribution in [1.29, 1.82) is 0 Å². The number of nitrogens with zero attached hydrogens (tertiary/aromatic N) is 2. The highest BCUT2D eigenvalue weighted by molar-refractivity contribution is 8.00. The Morgan fingerprint density at radius 3 is 2.67 bits per heavy atom. The van der Waals surface area contributed by atoms with Crippen LogP contribution in [0.15, 0.2) is 106 Å². The molecule has 0 radical (unpaired) electrons. The summed E-state index contributed by atoms with van der Waals surface area (Å²) in [5, 5.41) is 9.00. The number of urea groups is 1. The highest BCUT2D eigenvalue weighted by Gasteiger charge is 2.36. The average molecular weight is 652 g/mol. The minimum atomic E-state index is -0.404. The first kappa shape index (κ1) is 28.9. The molecule has 2 N–H and O–H groups in total. The van der Waals surface area contributed by atoms with Gasteiger partial charge in [-0.2, -0.15) is 0 Å². The molecule has 2 aliphatic rings. The largest absolute Gasteiger partial charge is 0.326 e. The molecule has 3 amide bonds. The molecule has 6 nitrogen and oxygen atoms in total. The van der Waals surface area contributed by atoms with Gasteiger partial charge < -0.3 is 10.6 Å². The topological polar surface area (TPSA) is 74.3 Å². The molecule has 3 unspecified atom stereocenters. The molecule has 0 saturated carbocycles. The number of benzene rings is 3. The predicted octanol–water partition coefficient (Wildman–Crippen LogP) is 9.24. The Morgan fingerprint density at radius 1 is 0.976 bits per heavy atom. The Balaban J connectivity index is 1.11. The van der Waals surface area contributed by atoms with E-state index < -0.39 is 5.25 Å². The summed E-state index contributed by atoms with van der Waals surface area (Å²) in [6.07, 6.45) is 8.21. The molecule has 6 rings (SSSR count). The summed E-state index contributed by atoms with van der Waals surface area (Å²) >= 11 is 16.7. The molecule has 2 heterocycles. The normalized spacial score (nSPS) is 17.7. The molecule has 1 aliphatic heterocycles. The highest BCUT2D eigenvalue weighted by Crippen LogP contribution is 2.43. The molecule has 0 fully saturated rings. The number of allylic oxidation sites excluding steroid dienone is 2. The number of para-hydroxylation sites is 1. The number of thioether (sulfide) groups is 2. The van der Waals surface area contributed by atoms with Crippen molar-refractivity contribution < 1.29 is 9.59 Å². The maximum atomic E-state index is 13.6. The van der Waals surface area contributed by atoms with Gasteiger partial charge in [0, 0.05) is 26.4 Å². The van der Waals surface area contributed by atoms with Crippen LogP contribution in [0.5, 0.6) is 0 Å².